The van der Waals surface area contributed by atoms with Gasteiger partial charge in [0.1, 0.15) is 0 Å². The summed E-state index contributed by atoms with van der Waals surface area (Å²) in [4.78, 5) is 5.17. The van der Waals surface area contributed by atoms with Gasteiger partial charge in [0.15, 0.2) is 0 Å². The lowest BCUT2D eigenvalue weighted by molar-refractivity contribution is 0.688. The molecule has 1 atom stereocenters. The van der Waals surface area contributed by atoms with Crippen LogP contribution in [0.1, 0.15) is 20.3 Å². The first-order valence-corrected chi connectivity index (χ1v) is 4.12. The van der Waals surface area contributed by atoms with Crippen LogP contribution >= 0.6 is 15.9 Å². The summed E-state index contributed by atoms with van der Waals surface area (Å²) < 4.78 is 12.5. The van der Waals surface area contributed by atoms with Crippen molar-refractivity contribution in [2.24, 2.45) is 4.99 Å². The van der Waals surface area contributed by atoms with E-state index in [0.29, 0.717) is 0 Å². The first kappa shape index (κ1) is 9.82. The van der Waals surface area contributed by atoms with E-state index in [1.807, 2.05) is 13.8 Å². The fourth-order valence-corrected chi connectivity index (χ4v) is 0.615. The van der Waals surface area contributed by atoms with Crippen LogP contribution in [-0.2, 0) is 0 Å². The average Bonchev–Trinajstić information content (AvgIpc) is 1.88. The van der Waals surface area contributed by atoms with Gasteiger partial charge in [0, 0.05) is 0 Å². The lowest BCUT2D eigenvalue weighted by Gasteiger charge is -1.98. The van der Waals surface area contributed by atoms with E-state index >= 15 is 0 Å². The van der Waals surface area contributed by atoms with Gasteiger partial charge in [-0.2, -0.15) is 4.39 Å². The highest BCUT2D eigenvalue weighted by atomic mass is 79.9. The van der Waals surface area contributed by atoms with Crippen molar-refractivity contribution in [3.63, 3.8) is 0 Å². The summed E-state index contributed by atoms with van der Waals surface area (Å²) in [5, 5.41) is 0. The SMILES string of the molecule is CCC(C)/N=C(F)\C=C\Br. The van der Waals surface area contributed by atoms with E-state index in [0.717, 1.165) is 6.42 Å². The van der Waals surface area contributed by atoms with Crippen LogP contribution < -0.4 is 0 Å². The largest absolute Gasteiger partial charge is 0.255 e. The highest BCUT2D eigenvalue weighted by molar-refractivity contribution is 9.11. The van der Waals surface area contributed by atoms with Gasteiger partial charge in [0.25, 0.3) is 0 Å². The predicted octanol–water partition coefficient (Wildman–Crippen LogP) is 3.06. The molecule has 0 aliphatic rings. The summed E-state index contributed by atoms with van der Waals surface area (Å²) >= 11 is 2.96. The van der Waals surface area contributed by atoms with Crippen molar-refractivity contribution < 1.29 is 4.39 Å². The van der Waals surface area contributed by atoms with Gasteiger partial charge in [-0.1, -0.05) is 22.9 Å². The highest BCUT2D eigenvalue weighted by Crippen LogP contribution is 1.98. The van der Waals surface area contributed by atoms with Crippen LogP contribution in [0.2, 0.25) is 0 Å². The second-order valence-electron chi connectivity index (χ2n) is 2.00. The molecule has 1 nitrogen and oxygen atoms in total. The van der Waals surface area contributed by atoms with Gasteiger partial charge in [-0.3, -0.25) is 4.99 Å². The van der Waals surface area contributed by atoms with Gasteiger partial charge >= 0.3 is 0 Å². The Hall–Kier alpha value is -0.180. The molecule has 0 aromatic rings. The summed E-state index contributed by atoms with van der Waals surface area (Å²) in [5.41, 5.74) is 0. The first-order valence-electron chi connectivity index (χ1n) is 3.20. The van der Waals surface area contributed by atoms with Crippen molar-refractivity contribution in [3.05, 3.63) is 11.1 Å². The summed E-state index contributed by atoms with van der Waals surface area (Å²) in [5.74, 6) is -0.425. The number of nitrogens with zero attached hydrogens (tertiary/aromatic N) is 1. The number of allylic oxidation sites excluding steroid dienone is 1. The lowest BCUT2D eigenvalue weighted by Crippen LogP contribution is -1.97. The fourth-order valence-electron chi connectivity index (χ4n) is 0.397. The molecule has 0 N–H and O–H groups in total. The zero-order valence-corrected chi connectivity index (χ0v) is 7.73. The van der Waals surface area contributed by atoms with Crippen LogP contribution in [0.3, 0.4) is 0 Å². The zero-order valence-electron chi connectivity index (χ0n) is 6.14. The summed E-state index contributed by atoms with van der Waals surface area (Å²) in [7, 11) is 0. The van der Waals surface area contributed by atoms with Gasteiger partial charge in [0.2, 0.25) is 5.97 Å². The third-order valence-electron chi connectivity index (χ3n) is 1.14. The van der Waals surface area contributed by atoms with Gasteiger partial charge < -0.3 is 0 Å². The van der Waals surface area contributed by atoms with Crippen LogP contribution in [0.25, 0.3) is 0 Å². The van der Waals surface area contributed by atoms with E-state index in [1.54, 1.807) is 0 Å². The first-order chi connectivity index (χ1) is 4.70. The Morgan fingerprint density at radius 2 is 2.40 bits per heavy atom. The molecule has 58 valence electrons. The van der Waals surface area contributed by atoms with E-state index in [-0.39, 0.29) is 6.04 Å². The van der Waals surface area contributed by atoms with Gasteiger partial charge in [-0.25, -0.2) is 0 Å². The molecule has 1 unspecified atom stereocenters. The normalized spacial score (nSPS) is 16.2. The summed E-state index contributed by atoms with van der Waals surface area (Å²) in [6, 6.07) is 0.0729. The molecule has 3 heteroatoms. The van der Waals surface area contributed by atoms with Gasteiger partial charge in [-0.15, -0.1) is 0 Å². The van der Waals surface area contributed by atoms with Crippen molar-refractivity contribution in [3.8, 4) is 0 Å². The fraction of sp³-hybridized carbons (Fsp3) is 0.571. The number of halogens is 2. The zero-order chi connectivity index (χ0) is 7.98. The molecule has 0 amide bonds. The van der Waals surface area contributed by atoms with Crippen LogP contribution in [0.4, 0.5) is 4.39 Å². The van der Waals surface area contributed by atoms with Gasteiger partial charge in [-0.05, 0) is 24.4 Å². The molecule has 0 aliphatic heterocycles. The maximum Gasteiger partial charge on any atom is 0.209 e. The Kier molecular flexibility index (Phi) is 5.49. The standard InChI is InChI=1S/C7H11BrFN/c1-3-6(2)10-7(9)4-5-8/h4-6H,3H2,1-2H3/b5-4+,10-7+. The number of hydrogen-bond donors (Lipinski definition) is 0. The number of hydrogen-bond acceptors (Lipinski definition) is 1. The van der Waals surface area contributed by atoms with Crippen molar-refractivity contribution in [1.82, 2.24) is 0 Å². The second-order valence-corrected chi connectivity index (χ2v) is 2.53. The van der Waals surface area contributed by atoms with Crippen LogP contribution in [0.5, 0.6) is 0 Å². The molecule has 0 saturated carbocycles. The molecular formula is C7H11BrFN. The minimum absolute atomic E-state index is 0.0729. The molecule has 10 heavy (non-hydrogen) atoms. The van der Waals surface area contributed by atoms with Crippen molar-refractivity contribution in [2.45, 2.75) is 26.3 Å². The van der Waals surface area contributed by atoms with Gasteiger partial charge in [0.05, 0.1) is 6.04 Å². The minimum Gasteiger partial charge on any atom is -0.255 e. The van der Waals surface area contributed by atoms with E-state index in [1.165, 1.54) is 11.1 Å². The predicted molar refractivity (Wildman–Crippen MR) is 46.4 cm³/mol. The molecule has 0 fully saturated rings. The van der Waals surface area contributed by atoms with E-state index in [9.17, 15) is 4.39 Å². The Morgan fingerprint density at radius 1 is 1.80 bits per heavy atom. The second kappa shape index (κ2) is 5.59. The molecule has 0 rings (SSSR count). The quantitative estimate of drug-likeness (QED) is 0.632. The molecule has 0 bridgehead atoms. The molecular weight excluding hydrogens is 197 g/mol. The maximum absolute atomic E-state index is 12.5. The highest BCUT2D eigenvalue weighted by Gasteiger charge is 1.95. The Labute approximate surface area is 69.2 Å². The van der Waals surface area contributed by atoms with E-state index in [2.05, 4.69) is 20.9 Å². The maximum atomic E-state index is 12.5. The van der Waals surface area contributed by atoms with Crippen molar-refractivity contribution >= 4 is 21.9 Å². The molecule has 0 aromatic heterocycles. The molecule has 0 aliphatic carbocycles. The average molecular weight is 208 g/mol. The number of rotatable bonds is 3. The number of aliphatic imine (C=N–C) groups is 1. The Bertz CT molecular complexity index is 143. The van der Waals surface area contributed by atoms with E-state index in [4.69, 9.17) is 0 Å². The Balaban J connectivity index is 3.89. The summed E-state index contributed by atoms with van der Waals surface area (Å²) in [6.45, 7) is 3.85. The summed E-state index contributed by atoms with van der Waals surface area (Å²) in [6.07, 6.45) is 2.15. The molecule has 0 heterocycles. The molecule has 0 spiro atoms. The van der Waals surface area contributed by atoms with Crippen molar-refractivity contribution in [1.29, 1.82) is 0 Å². The monoisotopic (exact) mass is 207 g/mol. The molecule has 0 radical (unpaired) electrons. The van der Waals surface area contributed by atoms with Crippen LogP contribution in [0, 0.1) is 0 Å². The third-order valence-corrected chi connectivity index (χ3v) is 1.40. The molecule has 0 saturated heterocycles. The molecule has 0 aromatic carbocycles. The Morgan fingerprint density at radius 3 is 2.80 bits per heavy atom. The smallest absolute Gasteiger partial charge is 0.209 e. The van der Waals surface area contributed by atoms with Crippen molar-refractivity contribution in [2.75, 3.05) is 0 Å². The minimum atomic E-state index is -0.425. The lowest BCUT2D eigenvalue weighted by atomic mass is 10.3. The van der Waals surface area contributed by atoms with Crippen LogP contribution in [0.15, 0.2) is 16.1 Å². The topological polar surface area (TPSA) is 12.4 Å². The third kappa shape index (κ3) is 4.68. The van der Waals surface area contributed by atoms with Crippen LogP contribution in [-0.4, -0.2) is 12.0 Å². The van der Waals surface area contributed by atoms with E-state index < -0.39 is 5.97 Å².